The smallest absolute Gasteiger partial charge is 0.134 e. The summed E-state index contributed by atoms with van der Waals surface area (Å²) in [6, 6.07) is 0. The third kappa shape index (κ3) is 4.12. The van der Waals surface area contributed by atoms with Crippen molar-refractivity contribution in [1.82, 2.24) is 0 Å². The van der Waals surface area contributed by atoms with Crippen LogP contribution in [-0.4, -0.2) is 5.78 Å². The average molecular weight is 178 g/mol. The Balaban J connectivity index is 2.11. The predicted molar refractivity (Wildman–Crippen MR) is 54.3 cm³/mol. The number of hydrogen-bond donors (Lipinski definition) is 0. The molecule has 0 unspecified atom stereocenters. The van der Waals surface area contributed by atoms with Crippen molar-refractivity contribution in [3.63, 3.8) is 0 Å². The Labute approximate surface area is 80.9 Å². The normalized spacial score (nSPS) is 16.7. The van der Waals surface area contributed by atoms with Crippen molar-refractivity contribution in [2.45, 2.75) is 51.9 Å². The van der Waals surface area contributed by atoms with Crippen LogP contribution in [0.25, 0.3) is 0 Å². The van der Waals surface area contributed by atoms with Crippen LogP contribution >= 0.6 is 0 Å². The molecule has 1 saturated carbocycles. The van der Waals surface area contributed by atoms with Crippen LogP contribution in [0.5, 0.6) is 0 Å². The Bertz CT molecular complexity index is 213. The second kappa shape index (κ2) is 5.80. The van der Waals surface area contributed by atoms with Gasteiger partial charge in [0.25, 0.3) is 0 Å². The molecule has 0 atom stereocenters. The van der Waals surface area contributed by atoms with E-state index in [2.05, 4.69) is 11.8 Å². The number of ketones is 1. The molecule has 1 aliphatic rings. The Morgan fingerprint density at radius 2 is 2.08 bits per heavy atom. The molecule has 1 aliphatic carbocycles. The summed E-state index contributed by atoms with van der Waals surface area (Å²) in [5.74, 6) is 6.86. The molecule has 0 aromatic heterocycles. The molecule has 0 aromatic carbocycles. The lowest BCUT2D eigenvalue weighted by molar-refractivity contribution is -0.119. The molecule has 1 fully saturated rings. The monoisotopic (exact) mass is 178 g/mol. The minimum Gasteiger partial charge on any atom is -0.300 e. The molecule has 0 aromatic rings. The number of rotatable bonds is 4. The van der Waals surface area contributed by atoms with Gasteiger partial charge < -0.3 is 0 Å². The van der Waals surface area contributed by atoms with Crippen LogP contribution in [0.2, 0.25) is 0 Å². The zero-order valence-corrected chi connectivity index (χ0v) is 8.44. The quantitative estimate of drug-likeness (QED) is 0.605. The predicted octanol–water partition coefficient (Wildman–Crippen LogP) is 2.94. The first-order chi connectivity index (χ1) is 6.33. The Morgan fingerprint density at radius 1 is 1.38 bits per heavy atom. The highest BCUT2D eigenvalue weighted by Crippen LogP contribution is 2.27. The minimum absolute atomic E-state index is 0.412. The summed E-state index contributed by atoms with van der Waals surface area (Å²) in [6.07, 6.45) is 7.42. The molecule has 0 spiro atoms. The summed E-state index contributed by atoms with van der Waals surface area (Å²) in [7, 11) is 0. The van der Waals surface area contributed by atoms with Crippen molar-refractivity contribution in [3.8, 4) is 11.8 Å². The molecule has 1 heteroatoms. The molecule has 0 N–H and O–H groups in total. The van der Waals surface area contributed by atoms with Crippen LogP contribution in [0.15, 0.2) is 0 Å². The van der Waals surface area contributed by atoms with Crippen molar-refractivity contribution < 1.29 is 4.79 Å². The van der Waals surface area contributed by atoms with Crippen molar-refractivity contribution in [2.75, 3.05) is 0 Å². The standard InChI is InChI=1S/C12H18O/c1-2-3-4-9-12(13)10-11-7-5-6-8-11/h11H,4-10H2,1H3. The van der Waals surface area contributed by atoms with Gasteiger partial charge in [-0.1, -0.05) is 25.7 Å². The Kier molecular flexibility index (Phi) is 4.60. The fourth-order valence-corrected chi connectivity index (χ4v) is 1.97. The van der Waals surface area contributed by atoms with Crippen molar-refractivity contribution >= 4 is 5.78 Å². The van der Waals surface area contributed by atoms with Crippen LogP contribution in [0.4, 0.5) is 0 Å². The molecule has 1 nitrogen and oxygen atoms in total. The number of carbonyl (C=O) groups is 1. The lowest BCUT2D eigenvalue weighted by Gasteiger charge is -2.05. The van der Waals surface area contributed by atoms with E-state index in [4.69, 9.17) is 0 Å². The highest BCUT2D eigenvalue weighted by Gasteiger charge is 2.17. The highest BCUT2D eigenvalue weighted by atomic mass is 16.1. The summed E-state index contributed by atoms with van der Waals surface area (Å²) >= 11 is 0. The molecule has 0 bridgehead atoms. The molecule has 0 radical (unpaired) electrons. The summed E-state index contributed by atoms with van der Waals surface area (Å²) in [5.41, 5.74) is 0. The molecule has 0 amide bonds. The third-order valence-electron chi connectivity index (χ3n) is 2.70. The first-order valence-electron chi connectivity index (χ1n) is 5.24. The maximum Gasteiger partial charge on any atom is 0.134 e. The van der Waals surface area contributed by atoms with Gasteiger partial charge in [-0.15, -0.1) is 11.8 Å². The Hall–Kier alpha value is -0.770. The van der Waals surface area contributed by atoms with Crippen LogP contribution in [-0.2, 0) is 4.79 Å². The van der Waals surface area contributed by atoms with Crippen molar-refractivity contribution in [1.29, 1.82) is 0 Å². The molecular weight excluding hydrogens is 160 g/mol. The van der Waals surface area contributed by atoms with E-state index in [-0.39, 0.29) is 0 Å². The van der Waals surface area contributed by atoms with Crippen molar-refractivity contribution in [2.24, 2.45) is 5.92 Å². The summed E-state index contributed by atoms with van der Waals surface area (Å²) in [4.78, 5) is 11.4. The van der Waals surface area contributed by atoms with Crippen LogP contribution in [0.3, 0.4) is 0 Å². The van der Waals surface area contributed by atoms with Gasteiger partial charge in [0.15, 0.2) is 0 Å². The first-order valence-corrected chi connectivity index (χ1v) is 5.24. The largest absolute Gasteiger partial charge is 0.300 e. The van der Waals surface area contributed by atoms with E-state index in [0.717, 1.165) is 12.8 Å². The van der Waals surface area contributed by atoms with Gasteiger partial charge in [0.05, 0.1) is 0 Å². The average Bonchev–Trinajstić information content (AvgIpc) is 2.57. The van der Waals surface area contributed by atoms with Crippen LogP contribution in [0, 0.1) is 17.8 Å². The van der Waals surface area contributed by atoms with Crippen molar-refractivity contribution in [3.05, 3.63) is 0 Å². The van der Waals surface area contributed by atoms with E-state index in [1.54, 1.807) is 0 Å². The summed E-state index contributed by atoms with van der Waals surface area (Å²) < 4.78 is 0. The topological polar surface area (TPSA) is 17.1 Å². The van der Waals surface area contributed by atoms with Gasteiger partial charge in [-0.3, -0.25) is 4.79 Å². The SMILES string of the molecule is CC#CCCC(=O)CC1CCCC1. The molecule has 0 heterocycles. The van der Waals surface area contributed by atoms with Gasteiger partial charge in [0.1, 0.15) is 5.78 Å². The zero-order chi connectivity index (χ0) is 9.52. The molecular formula is C12H18O. The van der Waals surface area contributed by atoms with E-state index >= 15 is 0 Å². The number of hydrogen-bond acceptors (Lipinski definition) is 1. The summed E-state index contributed by atoms with van der Waals surface area (Å²) in [5, 5.41) is 0. The molecule has 1 rings (SSSR count). The van der Waals surface area contributed by atoms with E-state index in [1.165, 1.54) is 25.7 Å². The molecule has 13 heavy (non-hydrogen) atoms. The molecule has 0 saturated heterocycles. The van der Waals surface area contributed by atoms with Gasteiger partial charge in [0, 0.05) is 19.3 Å². The third-order valence-corrected chi connectivity index (χ3v) is 2.70. The van der Waals surface area contributed by atoms with Gasteiger partial charge in [-0.25, -0.2) is 0 Å². The lowest BCUT2D eigenvalue weighted by Crippen LogP contribution is -2.04. The van der Waals surface area contributed by atoms with Gasteiger partial charge >= 0.3 is 0 Å². The minimum atomic E-state index is 0.412. The second-order valence-electron chi connectivity index (χ2n) is 3.82. The van der Waals surface area contributed by atoms with Crippen LogP contribution in [0.1, 0.15) is 51.9 Å². The van der Waals surface area contributed by atoms with Gasteiger partial charge in [0.2, 0.25) is 0 Å². The van der Waals surface area contributed by atoms with E-state index in [1.807, 2.05) is 6.92 Å². The lowest BCUT2D eigenvalue weighted by atomic mass is 9.99. The first kappa shape index (κ1) is 10.3. The van der Waals surface area contributed by atoms with Gasteiger partial charge in [-0.05, 0) is 12.8 Å². The number of carbonyl (C=O) groups excluding carboxylic acids is 1. The van der Waals surface area contributed by atoms with E-state index < -0.39 is 0 Å². The van der Waals surface area contributed by atoms with Gasteiger partial charge in [-0.2, -0.15) is 0 Å². The molecule has 72 valence electrons. The highest BCUT2D eigenvalue weighted by molar-refractivity contribution is 5.78. The zero-order valence-electron chi connectivity index (χ0n) is 8.44. The molecule has 0 aliphatic heterocycles. The fraction of sp³-hybridized carbons (Fsp3) is 0.750. The fourth-order valence-electron chi connectivity index (χ4n) is 1.97. The number of Topliss-reactive ketones (excluding diaryl/α,β-unsaturated/α-hetero) is 1. The van der Waals surface area contributed by atoms with E-state index in [0.29, 0.717) is 18.1 Å². The maximum atomic E-state index is 11.4. The second-order valence-corrected chi connectivity index (χ2v) is 3.82. The summed E-state index contributed by atoms with van der Waals surface area (Å²) in [6.45, 7) is 1.82. The van der Waals surface area contributed by atoms with Crippen LogP contribution < -0.4 is 0 Å². The Morgan fingerprint density at radius 3 is 2.69 bits per heavy atom. The maximum absolute atomic E-state index is 11.4. The van der Waals surface area contributed by atoms with E-state index in [9.17, 15) is 4.79 Å².